The summed E-state index contributed by atoms with van der Waals surface area (Å²) in [6, 6.07) is 6.72. The van der Waals surface area contributed by atoms with E-state index in [-0.39, 0.29) is 0 Å². The van der Waals surface area contributed by atoms with Crippen molar-refractivity contribution < 1.29 is 0 Å². The Kier molecular flexibility index (Phi) is 3.20. The van der Waals surface area contributed by atoms with Crippen molar-refractivity contribution in [1.29, 1.82) is 0 Å². The summed E-state index contributed by atoms with van der Waals surface area (Å²) in [5.74, 6) is 3.71. The second kappa shape index (κ2) is 4.84. The fourth-order valence-corrected chi connectivity index (χ4v) is 3.89. The van der Waals surface area contributed by atoms with Crippen LogP contribution in [0.3, 0.4) is 0 Å². The number of aryl methyl sites for hydroxylation is 1. The van der Waals surface area contributed by atoms with E-state index < -0.39 is 0 Å². The van der Waals surface area contributed by atoms with Gasteiger partial charge in [-0.25, -0.2) is 4.98 Å². The molecular formula is C14H19N3S. The van der Waals surface area contributed by atoms with Crippen molar-refractivity contribution in [3.63, 3.8) is 0 Å². The molecule has 1 aliphatic heterocycles. The third kappa shape index (κ3) is 1.99. The van der Waals surface area contributed by atoms with Crippen molar-refractivity contribution in [3.8, 4) is 0 Å². The molecule has 1 aliphatic rings. The minimum Gasteiger partial charge on any atom is -0.399 e. The third-order valence-electron chi connectivity index (χ3n) is 3.53. The van der Waals surface area contributed by atoms with Crippen LogP contribution >= 0.6 is 11.8 Å². The van der Waals surface area contributed by atoms with Crippen molar-refractivity contribution in [2.24, 2.45) is 0 Å². The van der Waals surface area contributed by atoms with Gasteiger partial charge in [-0.05, 0) is 36.8 Å². The largest absolute Gasteiger partial charge is 0.399 e. The van der Waals surface area contributed by atoms with Crippen LogP contribution in [-0.2, 0) is 6.42 Å². The molecule has 96 valence electrons. The van der Waals surface area contributed by atoms with E-state index >= 15 is 0 Å². The first-order chi connectivity index (χ1) is 8.79. The highest BCUT2D eigenvalue weighted by atomic mass is 32.2. The fourth-order valence-electron chi connectivity index (χ4n) is 2.70. The van der Waals surface area contributed by atoms with Gasteiger partial charge >= 0.3 is 0 Å². The van der Waals surface area contributed by atoms with Gasteiger partial charge < -0.3 is 10.3 Å². The molecule has 3 nitrogen and oxygen atoms in total. The number of nitrogens with zero attached hydrogens (tertiary/aromatic N) is 2. The summed E-state index contributed by atoms with van der Waals surface area (Å²) < 4.78 is 2.46. The Bertz CT molecular complexity index is 555. The third-order valence-corrected chi connectivity index (χ3v) is 4.68. The number of fused-ring (bicyclic) bond motifs is 1. The SMILES string of the molecule is CCCc1nc2cc(N)ccc2n1C1CCSC1. The van der Waals surface area contributed by atoms with Crippen molar-refractivity contribution in [1.82, 2.24) is 9.55 Å². The lowest BCUT2D eigenvalue weighted by molar-refractivity contribution is 0.546. The highest BCUT2D eigenvalue weighted by Gasteiger charge is 2.22. The summed E-state index contributed by atoms with van der Waals surface area (Å²) >= 11 is 2.05. The molecule has 1 unspecified atom stereocenters. The number of nitrogens with two attached hydrogens (primary N) is 1. The first-order valence-corrected chi connectivity index (χ1v) is 7.79. The first kappa shape index (κ1) is 11.9. The van der Waals surface area contributed by atoms with E-state index in [1.165, 1.54) is 29.3 Å². The van der Waals surface area contributed by atoms with Crippen LogP contribution < -0.4 is 5.73 Å². The van der Waals surface area contributed by atoms with Crippen molar-refractivity contribution >= 4 is 28.5 Å². The number of rotatable bonds is 3. The number of benzene rings is 1. The molecule has 0 bridgehead atoms. The van der Waals surface area contributed by atoms with Gasteiger partial charge in [-0.1, -0.05) is 6.92 Å². The molecule has 2 heterocycles. The van der Waals surface area contributed by atoms with E-state index in [2.05, 4.69) is 17.6 Å². The fraction of sp³-hybridized carbons (Fsp3) is 0.500. The quantitative estimate of drug-likeness (QED) is 0.863. The molecule has 4 heteroatoms. The molecular weight excluding hydrogens is 242 g/mol. The van der Waals surface area contributed by atoms with E-state index in [1.807, 2.05) is 23.9 Å². The zero-order valence-electron chi connectivity index (χ0n) is 10.7. The van der Waals surface area contributed by atoms with Crippen LogP contribution in [0.15, 0.2) is 18.2 Å². The van der Waals surface area contributed by atoms with Crippen LogP contribution in [0.1, 0.15) is 31.6 Å². The standard InChI is InChI=1S/C14H19N3S/c1-2-3-14-16-12-8-10(15)4-5-13(12)17(14)11-6-7-18-9-11/h4-5,8,11H,2-3,6-7,9,15H2,1H3. The summed E-state index contributed by atoms with van der Waals surface area (Å²) in [6.07, 6.45) is 3.45. The lowest BCUT2D eigenvalue weighted by Gasteiger charge is -2.15. The van der Waals surface area contributed by atoms with Gasteiger partial charge in [0.1, 0.15) is 5.82 Å². The maximum Gasteiger partial charge on any atom is 0.110 e. The molecule has 1 saturated heterocycles. The Balaban J connectivity index is 2.14. The summed E-state index contributed by atoms with van der Waals surface area (Å²) in [5.41, 5.74) is 8.96. The van der Waals surface area contributed by atoms with E-state index in [4.69, 9.17) is 10.7 Å². The molecule has 1 aromatic carbocycles. The highest BCUT2D eigenvalue weighted by Crippen LogP contribution is 2.33. The zero-order valence-corrected chi connectivity index (χ0v) is 11.5. The molecule has 0 saturated carbocycles. The summed E-state index contributed by atoms with van der Waals surface area (Å²) in [6.45, 7) is 2.21. The van der Waals surface area contributed by atoms with Gasteiger partial charge in [0.05, 0.1) is 11.0 Å². The average Bonchev–Trinajstić information content (AvgIpc) is 2.95. The number of thioether (sulfide) groups is 1. The normalized spacial score (nSPS) is 19.7. The van der Waals surface area contributed by atoms with E-state index in [1.54, 1.807) is 0 Å². The van der Waals surface area contributed by atoms with E-state index in [9.17, 15) is 0 Å². The second-order valence-corrected chi connectivity index (χ2v) is 6.06. The highest BCUT2D eigenvalue weighted by molar-refractivity contribution is 7.99. The number of hydrogen-bond acceptors (Lipinski definition) is 3. The van der Waals surface area contributed by atoms with Gasteiger partial charge in [-0.2, -0.15) is 11.8 Å². The monoisotopic (exact) mass is 261 g/mol. The van der Waals surface area contributed by atoms with Gasteiger partial charge in [0, 0.05) is 23.9 Å². The van der Waals surface area contributed by atoms with Crippen molar-refractivity contribution in [2.75, 3.05) is 17.2 Å². The van der Waals surface area contributed by atoms with Crippen LogP contribution in [0.25, 0.3) is 11.0 Å². The summed E-state index contributed by atoms with van der Waals surface area (Å²) in [4.78, 5) is 4.78. The number of hydrogen-bond donors (Lipinski definition) is 1. The number of nitrogen functional groups attached to an aromatic ring is 1. The van der Waals surface area contributed by atoms with Gasteiger partial charge in [0.25, 0.3) is 0 Å². The molecule has 0 radical (unpaired) electrons. The number of aromatic nitrogens is 2. The lowest BCUT2D eigenvalue weighted by atomic mass is 10.2. The van der Waals surface area contributed by atoms with Crippen molar-refractivity contribution in [3.05, 3.63) is 24.0 Å². The first-order valence-electron chi connectivity index (χ1n) is 6.63. The molecule has 2 aromatic rings. The van der Waals surface area contributed by atoms with Crippen LogP contribution in [0, 0.1) is 0 Å². The topological polar surface area (TPSA) is 43.8 Å². The maximum atomic E-state index is 5.86. The summed E-state index contributed by atoms with van der Waals surface area (Å²) in [7, 11) is 0. The van der Waals surface area contributed by atoms with Gasteiger partial charge in [-0.15, -0.1) is 0 Å². The Morgan fingerprint density at radius 3 is 3.11 bits per heavy atom. The lowest BCUT2D eigenvalue weighted by Crippen LogP contribution is -2.11. The molecule has 0 amide bonds. The number of imidazole rings is 1. The summed E-state index contributed by atoms with van der Waals surface area (Å²) in [5, 5.41) is 0. The van der Waals surface area contributed by atoms with Gasteiger partial charge in [-0.3, -0.25) is 0 Å². The Hall–Kier alpha value is -1.16. The minimum atomic E-state index is 0.616. The van der Waals surface area contributed by atoms with Crippen LogP contribution in [0.2, 0.25) is 0 Å². The Morgan fingerprint density at radius 1 is 1.50 bits per heavy atom. The second-order valence-electron chi connectivity index (χ2n) is 4.91. The molecule has 0 spiro atoms. The Morgan fingerprint density at radius 2 is 2.39 bits per heavy atom. The van der Waals surface area contributed by atoms with E-state index in [0.717, 1.165) is 24.0 Å². The van der Waals surface area contributed by atoms with Crippen molar-refractivity contribution in [2.45, 2.75) is 32.2 Å². The molecule has 0 aliphatic carbocycles. The molecule has 1 aromatic heterocycles. The predicted molar refractivity (Wildman–Crippen MR) is 79.1 cm³/mol. The molecule has 2 N–H and O–H groups in total. The average molecular weight is 261 g/mol. The molecule has 3 rings (SSSR count). The van der Waals surface area contributed by atoms with Crippen LogP contribution in [0.4, 0.5) is 5.69 Å². The minimum absolute atomic E-state index is 0.616. The molecule has 18 heavy (non-hydrogen) atoms. The molecule has 1 fully saturated rings. The van der Waals surface area contributed by atoms with Gasteiger partial charge in [0.15, 0.2) is 0 Å². The molecule has 1 atom stereocenters. The maximum absolute atomic E-state index is 5.86. The van der Waals surface area contributed by atoms with Crippen LogP contribution in [-0.4, -0.2) is 21.1 Å². The Labute approximate surface area is 112 Å². The van der Waals surface area contributed by atoms with Crippen LogP contribution in [0.5, 0.6) is 0 Å². The smallest absolute Gasteiger partial charge is 0.110 e. The van der Waals surface area contributed by atoms with E-state index in [0.29, 0.717) is 6.04 Å². The predicted octanol–water partition coefficient (Wildman–Crippen LogP) is 3.25. The number of anilines is 1. The zero-order chi connectivity index (χ0) is 12.5. The van der Waals surface area contributed by atoms with Gasteiger partial charge in [0.2, 0.25) is 0 Å².